The summed E-state index contributed by atoms with van der Waals surface area (Å²) in [6.45, 7) is 4.69. The molecule has 2 aromatic carbocycles. The molecule has 1 fully saturated rings. The highest BCUT2D eigenvalue weighted by Gasteiger charge is 2.32. The van der Waals surface area contributed by atoms with Crippen LogP contribution in [-0.4, -0.2) is 31.7 Å². The molecule has 1 saturated heterocycles. The number of carbonyl (C=O) groups is 1. The third-order valence-electron chi connectivity index (χ3n) is 5.85. The van der Waals surface area contributed by atoms with Gasteiger partial charge in [0.1, 0.15) is 0 Å². The predicted octanol–water partition coefficient (Wildman–Crippen LogP) is 4.98. The molecule has 0 aromatic heterocycles. The van der Waals surface area contributed by atoms with E-state index < -0.39 is 10.0 Å². The third-order valence-corrected chi connectivity index (χ3v) is 8.37. The number of sulfonamides is 1. The van der Waals surface area contributed by atoms with Gasteiger partial charge in [-0.3, -0.25) is 4.79 Å². The van der Waals surface area contributed by atoms with Crippen LogP contribution in [0.1, 0.15) is 49.4 Å². The van der Waals surface area contributed by atoms with Crippen LogP contribution < -0.4 is 5.32 Å². The number of benzene rings is 2. The lowest BCUT2D eigenvalue weighted by Gasteiger charge is -2.31. The van der Waals surface area contributed by atoms with Crippen LogP contribution >= 0.6 is 23.2 Å². The molecule has 3 rings (SSSR count). The van der Waals surface area contributed by atoms with Gasteiger partial charge in [-0.15, -0.1) is 0 Å². The van der Waals surface area contributed by atoms with Gasteiger partial charge in [0, 0.05) is 34.6 Å². The van der Waals surface area contributed by atoms with Gasteiger partial charge in [0.05, 0.1) is 11.8 Å². The molecule has 1 N–H and O–H groups in total. The maximum absolute atomic E-state index is 12.9. The van der Waals surface area contributed by atoms with Crippen LogP contribution in [0.15, 0.2) is 42.5 Å². The number of rotatable bonds is 7. The van der Waals surface area contributed by atoms with Crippen molar-refractivity contribution in [3.05, 3.63) is 69.2 Å². The molecular weight excluding hydrogens is 455 g/mol. The molecule has 31 heavy (non-hydrogen) atoms. The second-order valence-corrected chi connectivity index (χ2v) is 10.7. The minimum atomic E-state index is -3.57. The smallest absolute Gasteiger partial charge is 0.223 e. The van der Waals surface area contributed by atoms with E-state index in [1.807, 2.05) is 19.1 Å². The van der Waals surface area contributed by atoms with E-state index in [0.717, 1.165) is 12.0 Å². The lowest BCUT2D eigenvalue weighted by Crippen LogP contribution is -2.43. The molecule has 2 aromatic rings. The number of hydrogen-bond donors (Lipinski definition) is 1. The summed E-state index contributed by atoms with van der Waals surface area (Å²) >= 11 is 12.3. The molecule has 8 heteroatoms. The van der Waals surface area contributed by atoms with Gasteiger partial charge in [-0.1, -0.05) is 60.5 Å². The third kappa shape index (κ3) is 6.01. The minimum absolute atomic E-state index is 0.0294. The largest absolute Gasteiger partial charge is 0.349 e. The maximum atomic E-state index is 12.9. The van der Waals surface area contributed by atoms with E-state index >= 15 is 0 Å². The average Bonchev–Trinajstić information content (AvgIpc) is 2.76. The van der Waals surface area contributed by atoms with Gasteiger partial charge in [-0.2, -0.15) is 0 Å². The Bertz CT molecular complexity index is 997. The van der Waals surface area contributed by atoms with Gasteiger partial charge in [0.2, 0.25) is 15.9 Å². The highest BCUT2D eigenvalue weighted by atomic mass is 35.5. The predicted molar refractivity (Wildman–Crippen MR) is 126 cm³/mol. The first kappa shape index (κ1) is 24.1. The van der Waals surface area contributed by atoms with Crippen molar-refractivity contribution >= 4 is 39.1 Å². The molecule has 168 valence electrons. The van der Waals surface area contributed by atoms with Gasteiger partial charge >= 0.3 is 0 Å². The van der Waals surface area contributed by atoms with Crippen LogP contribution in [0.4, 0.5) is 0 Å². The van der Waals surface area contributed by atoms with Crippen LogP contribution in [0.25, 0.3) is 0 Å². The van der Waals surface area contributed by atoms with Crippen LogP contribution in [0.3, 0.4) is 0 Å². The first-order valence-corrected chi connectivity index (χ1v) is 12.9. The standard InChI is InChI=1S/C23H28Cl2N2O3S/c1-3-17-7-9-18(10-8-17)16(2)26-23(28)19-11-13-27(14-12-19)31(29,30)15-20-21(24)5-4-6-22(20)25/h4-10,16,19H,3,11-15H2,1-2H3,(H,26,28). The zero-order valence-corrected chi connectivity index (χ0v) is 20.1. The number of amides is 1. The van der Waals surface area contributed by atoms with Crippen LogP contribution in [0, 0.1) is 5.92 Å². The quantitative estimate of drug-likeness (QED) is 0.605. The highest BCUT2D eigenvalue weighted by molar-refractivity contribution is 7.88. The van der Waals surface area contributed by atoms with Gasteiger partial charge in [-0.05, 0) is 49.4 Å². The maximum Gasteiger partial charge on any atom is 0.223 e. The fourth-order valence-corrected chi connectivity index (χ4v) is 6.11. The number of carbonyl (C=O) groups excluding carboxylic acids is 1. The second kappa shape index (κ2) is 10.3. The van der Waals surface area contributed by atoms with Crippen molar-refractivity contribution in [2.45, 2.75) is 44.9 Å². The molecule has 1 atom stereocenters. The van der Waals surface area contributed by atoms with Crippen molar-refractivity contribution in [1.29, 1.82) is 0 Å². The monoisotopic (exact) mass is 482 g/mol. The molecule has 0 bridgehead atoms. The first-order chi connectivity index (χ1) is 14.7. The van der Waals surface area contributed by atoms with E-state index in [1.165, 1.54) is 9.87 Å². The lowest BCUT2D eigenvalue weighted by atomic mass is 9.96. The van der Waals surface area contributed by atoms with Gasteiger partial charge in [-0.25, -0.2) is 12.7 Å². The van der Waals surface area contributed by atoms with Crippen LogP contribution in [0.2, 0.25) is 10.0 Å². The molecule has 0 aliphatic carbocycles. The molecule has 1 unspecified atom stereocenters. The summed E-state index contributed by atoms with van der Waals surface area (Å²) < 4.78 is 27.2. The summed E-state index contributed by atoms with van der Waals surface area (Å²) in [5, 5.41) is 3.75. The topological polar surface area (TPSA) is 66.5 Å². The van der Waals surface area contributed by atoms with E-state index in [0.29, 0.717) is 41.5 Å². The van der Waals surface area contributed by atoms with Crippen LogP contribution in [-0.2, 0) is 27.0 Å². The second-order valence-electron chi connectivity index (χ2n) is 7.96. The van der Waals surface area contributed by atoms with Crippen LogP contribution in [0.5, 0.6) is 0 Å². The molecule has 0 saturated carbocycles. The van der Waals surface area contributed by atoms with Crippen molar-refractivity contribution in [2.75, 3.05) is 13.1 Å². The number of nitrogens with one attached hydrogen (secondary N) is 1. The van der Waals surface area contributed by atoms with Crippen molar-refractivity contribution in [2.24, 2.45) is 5.92 Å². The van der Waals surface area contributed by atoms with E-state index in [4.69, 9.17) is 23.2 Å². The number of nitrogens with zero attached hydrogens (tertiary/aromatic N) is 1. The van der Waals surface area contributed by atoms with Gasteiger partial charge < -0.3 is 5.32 Å². The Hall–Kier alpha value is -1.60. The summed E-state index contributed by atoms with van der Waals surface area (Å²) in [4.78, 5) is 12.7. The van der Waals surface area contributed by atoms with Crippen molar-refractivity contribution in [3.63, 3.8) is 0 Å². The van der Waals surface area contributed by atoms with Crippen molar-refractivity contribution in [1.82, 2.24) is 9.62 Å². The summed E-state index contributed by atoms with van der Waals surface area (Å²) in [7, 11) is -3.57. The Morgan fingerprint density at radius 3 is 2.23 bits per heavy atom. The van der Waals surface area contributed by atoms with Crippen molar-refractivity contribution < 1.29 is 13.2 Å². The average molecular weight is 483 g/mol. The highest BCUT2D eigenvalue weighted by Crippen LogP contribution is 2.29. The molecule has 0 radical (unpaired) electrons. The zero-order valence-electron chi connectivity index (χ0n) is 17.8. The Balaban J connectivity index is 1.56. The molecule has 1 aliphatic rings. The molecule has 1 amide bonds. The number of hydrogen-bond acceptors (Lipinski definition) is 3. The Kier molecular flexibility index (Phi) is 8.03. The minimum Gasteiger partial charge on any atom is -0.349 e. The molecule has 1 heterocycles. The lowest BCUT2D eigenvalue weighted by molar-refractivity contribution is -0.126. The molecule has 1 aliphatic heterocycles. The summed E-state index contributed by atoms with van der Waals surface area (Å²) in [5.74, 6) is -0.473. The summed E-state index contributed by atoms with van der Waals surface area (Å²) in [6, 6.07) is 13.1. The van der Waals surface area contributed by atoms with Crippen molar-refractivity contribution in [3.8, 4) is 0 Å². The fraction of sp³-hybridized carbons (Fsp3) is 0.435. The van der Waals surface area contributed by atoms with Gasteiger partial charge in [0.25, 0.3) is 0 Å². The normalized spacial score (nSPS) is 16.8. The Morgan fingerprint density at radius 1 is 1.10 bits per heavy atom. The SMILES string of the molecule is CCc1ccc(C(C)NC(=O)C2CCN(S(=O)(=O)Cc3c(Cl)cccc3Cl)CC2)cc1. The summed E-state index contributed by atoms with van der Waals surface area (Å²) in [6.07, 6.45) is 1.96. The first-order valence-electron chi connectivity index (χ1n) is 10.5. The number of piperidine rings is 1. The molecule has 0 spiro atoms. The Morgan fingerprint density at radius 2 is 1.68 bits per heavy atom. The van der Waals surface area contributed by atoms with E-state index in [-0.39, 0.29) is 23.6 Å². The van der Waals surface area contributed by atoms with E-state index in [2.05, 4.69) is 24.4 Å². The number of aryl methyl sites for hydroxylation is 1. The molecular formula is C23H28Cl2N2O3S. The fourth-order valence-electron chi connectivity index (χ4n) is 3.80. The number of halogens is 2. The van der Waals surface area contributed by atoms with E-state index in [9.17, 15) is 13.2 Å². The van der Waals surface area contributed by atoms with E-state index in [1.54, 1.807) is 18.2 Å². The summed E-state index contributed by atoms with van der Waals surface area (Å²) in [5.41, 5.74) is 2.73. The van der Waals surface area contributed by atoms with Gasteiger partial charge in [0.15, 0.2) is 0 Å². The molecule has 5 nitrogen and oxygen atoms in total. The Labute approximate surface area is 194 Å². The zero-order chi connectivity index (χ0) is 22.6.